The molecule has 0 saturated heterocycles. The average molecular weight is 458 g/mol. The summed E-state index contributed by atoms with van der Waals surface area (Å²) >= 11 is 0. The molecule has 2 N–H and O–H groups in total. The van der Waals surface area contributed by atoms with Crippen molar-refractivity contribution in [1.29, 1.82) is 0 Å². The first-order valence-electron chi connectivity index (χ1n) is 11.6. The molecule has 0 atom stereocenters. The number of rotatable bonds is 8. The van der Waals surface area contributed by atoms with Gasteiger partial charge in [0.2, 0.25) is 0 Å². The third kappa shape index (κ3) is 6.88. The van der Waals surface area contributed by atoms with E-state index in [0.717, 1.165) is 41.8 Å². The molecule has 0 bridgehead atoms. The van der Waals surface area contributed by atoms with Crippen LogP contribution in [0.15, 0.2) is 24.3 Å². The quantitative estimate of drug-likeness (QED) is 0.629. The minimum atomic E-state index is -0.939. The number of hydrogen-bond acceptors (Lipinski definition) is 5. The Kier molecular flexibility index (Phi) is 8.63. The van der Waals surface area contributed by atoms with Gasteiger partial charge in [0.1, 0.15) is 0 Å². The Bertz CT molecular complexity index is 950. The number of benzene rings is 1. The maximum atomic E-state index is 12.9. The molecule has 1 aromatic heterocycles. The average Bonchev–Trinajstić information content (AvgIpc) is 3.09. The highest BCUT2D eigenvalue weighted by Crippen LogP contribution is 2.25. The molecule has 0 unspecified atom stereocenters. The molecule has 180 valence electrons. The summed E-state index contributed by atoms with van der Waals surface area (Å²) in [5.74, 6) is -0.986. The van der Waals surface area contributed by atoms with E-state index in [1.165, 1.54) is 0 Å². The molecule has 1 aromatic carbocycles. The molecule has 0 spiro atoms. The lowest BCUT2D eigenvalue weighted by Crippen LogP contribution is -2.28. The van der Waals surface area contributed by atoms with E-state index in [2.05, 4.69) is 19.2 Å². The highest BCUT2D eigenvalue weighted by molar-refractivity contribution is 5.96. The molecule has 1 aliphatic rings. The highest BCUT2D eigenvalue weighted by atomic mass is 16.5. The number of ether oxygens (including phenoxy) is 2. The van der Waals surface area contributed by atoms with E-state index in [1.54, 1.807) is 24.3 Å². The highest BCUT2D eigenvalue weighted by Gasteiger charge is 2.27. The number of aromatic nitrogens is 2. The molecule has 0 aliphatic carbocycles. The summed E-state index contributed by atoms with van der Waals surface area (Å²) in [4.78, 5) is 23.9. The van der Waals surface area contributed by atoms with Crippen LogP contribution in [-0.2, 0) is 35.5 Å². The Hall–Kier alpha value is -2.71. The van der Waals surface area contributed by atoms with Crippen molar-refractivity contribution in [2.45, 2.75) is 59.6 Å². The smallest absolute Gasteiger partial charge is 0.335 e. The lowest BCUT2D eigenvalue weighted by Gasteiger charge is -2.25. The van der Waals surface area contributed by atoms with E-state index in [1.807, 2.05) is 11.6 Å². The Morgan fingerprint density at radius 3 is 2.67 bits per heavy atom. The van der Waals surface area contributed by atoms with Crippen LogP contribution in [0.5, 0.6) is 0 Å². The number of hydrogen-bond donors (Lipinski definition) is 2. The molecule has 1 amide bonds. The van der Waals surface area contributed by atoms with Gasteiger partial charge < -0.3 is 19.9 Å². The van der Waals surface area contributed by atoms with Gasteiger partial charge in [0.05, 0.1) is 35.7 Å². The van der Waals surface area contributed by atoms with Crippen LogP contribution in [0.1, 0.15) is 71.3 Å². The van der Waals surface area contributed by atoms with Gasteiger partial charge in [-0.2, -0.15) is 5.10 Å². The first-order valence-corrected chi connectivity index (χ1v) is 11.6. The topological polar surface area (TPSA) is 103 Å². The number of aromatic carboxylic acids is 1. The van der Waals surface area contributed by atoms with Crippen molar-refractivity contribution in [2.24, 2.45) is 5.41 Å². The predicted octanol–water partition coefficient (Wildman–Crippen LogP) is 3.47. The number of nitrogens with zero attached hydrogens (tertiary/aromatic N) is 2. The van der Waals surface area contributed by atoms with Crippen molar-refractivity contribution in [2.75, 3.05) is 26.4 Å². The van der Waals surface area contributed by atoms with Crippen molar-refractivity contribution in [3.05, 3.63) is 52.3 Å². The largest absolute Gasteiger partial charge is 0.478 e. The van der Waals surface area contributed by atoms with Gasteiger partial charge in [0, 0.05) is 31.7 Å². The second-order valence-electron chi connectivity index (χ2n) is 9.26. The van der Waals surface area contributed by atoms with E-state index in [0.29, 0.717) is 45.9 Å². The molecule has 2 heterocycles. The van der Waals surface area contributed by atoms with Gasteiger partial charge in [-0.1, -0.05) is 32.9 Å². The van der Waals surface area contributed by atoms with E-state index in [4.69, 9.17) is 19.7 Å². The van der Waals surface area contributed by atoms with Crippen LogP contribution in [0.25, 0.3) is 0 Å². The number of carboxylic acid groups (broad SMARTS) is 1. The molecular formula is C25H35N3O5. The normalized spacial score (nSPS) is 15.4. The summed E-state index contributed by atoms with van der Waals surface area (Å²) in [6, 6.07) is 6.72. The van der Waals surface area contributed by atoms with Crippen molar-refractivity contribution in [3.63, 3.8) is 0 Å². The van der Waals surface area contributed by atoms with Gasteiger partial charge in [-0.25, -0.2) is 4.79 Å². The van der Waals surface area contributed by atoms with Crippen LogP contribution in [0, 0.1) is 5.41 Å². The molecule has 33 heavy (non-hydrogen) atoms. The molecule has 2 aromatic rings. The third-order valence-electron chi connectivity index (χ3n) is 5.69. The van der Waals surface area contributed by atoms with Gasteiger partial charge in [-0.3, -0.25) is 9.48 Å². The van der Waals surface area contributed by atoms with Crippen molar-refractivity contribution in [3.8, 4) is 0 Å². The van der Waals surface area contributed by atoms with E-state index >= 15 is 0 Å². The molecule has 8 nitrogen and oxygen atoms in total. The molecule has 0 radical (unpaired) electrons. The summed E-state index contributed by atoms with van der Waals surface area (Å²) in [5, 5.41) is 16.9. The summed E-state index contributed by atoms with van der Waals surface area (Å²) < 4.78 is 13.6. The lowest BCUT2D eigenvalue weighted by atomic mass is 9.94. The predicted molar refractivity (Wildman–Crippen MR) is 125 cm³/mol. The molecular weight excluding hydrogens is 422 g/mol. The van der Waals surface area contributed by atoms with Crippen LogP contribution in [-0.4, -0.2) is 53.1 Å². The Balaban J connectivity index is 1.70. The van der Waals surface area contributed by atoms with E-state index in [-0.39, 0.29) is 16.9 Å². The number of fused-ring (bicyclic) bond motifs is 1. The van der Waals surface area contributed by atoms with Gasteiger partial charge in [-0.05, 0) is 43.4 Å². The zero-order valence-corrected chi connectivity index (χ0v) is 19.9. The fourth-order valence-corrected chi connectivity index (χ4v) is 3.99. The first kappa shape index (κ1) is 24.9. The minimum absolute atomic E-state index is 0.0473. The molecule has 3 rings (SSSR count). The zero-order chi connectivity index (χ0) is 23.8. The van der Waals surface area contributed by atoms with Crippen molar-refractivity contribution >= 4 is 11.9 Å². The summed E-state index contributed by atoms with van der Waals surface area (Å²) in [6.45, 7) is 9.72. The summed E-state index contributed by atoms with van der Waals surface area (Å²) in [6.07, 6.45) is 3.09. The number of carbonyl (C=O) groups is 2. The molecule has 1 aliphatic heterocycles. The lowest BCUT2D eigenvalue weighted by molar-refractivity contribution is 0.0404. The number of amides is 1. The van der Waals surface area contributed by atoms with Gasteiger partial charge in [0.25, 0.3) is 5.91 Å². The number of aryl methyl sites for hydroxylation is 1. The van der Waals surface area contributed by atoms with Crippen LogP contribution < -0.4 is 5.32 Å². The number of carboxylic acids is 1. The van der Waals surface area contributed by atoms with E-state index < -0.39 is 5.97 Å². The molecule has 0 fully saturated rings. The monoisotopic (exact) mass is 457 g/mol. The van der Waals surface area contributed by atoms with Crippen LogP contribution in [0.2, 0.25) is 0 Å². The SMILES string of the molecule is CCc1nn(CC(C)(C)COCc2ccc(C(=O)O)cc2)c2c1C(=O)NCCCOCCC2. The Morgan fingerprint density at radius 1 is 1.24 bits per heavy atom. The standard InChI is InChI=1S/C25H35N3O5/c1-4-20-22-21(7-5-13-32-14-6-12-26-23(22)29)28(27-20)16-25(2,3)17-33-15-18-8-10-19(11-9-18)24(30)31/h8-11H,4-7,12-17H2,1-3H3,(H,26,29)(H,30,31). The minimum Gasteiger partial charge on any atom is -0.478 e. The zero-order valence-electron chi connectivity index (χ0n) is 19.9. The van der Waals surface area contributed by atoms with Crippen LogP contribution in [0.3, 0.4) is 0 Å². The van der Waals surface area contributed by atoms with Gasteiger partial charge >= 0.3 is 5.97 Å². The van der Waals surface area contributed by atoms with E-state index in [9.17, 15) is 9.59 Å². The second-order valence-corrected chi connectivity index (χ2v) is 9.26. The maximum absolute atomic E-state index is 12.9. The van der Waals surface area contributed by atoms with Crippen molar-refractivity contribution < 1.29 is 24.2 Å². The third-order valence-corrected chi connectivity index (χ3v) is 5.69. The fraction of sp³-hybridized carbons (Fsp3) is 0.560. The van der Waals surface area contributed by atoms with Gasteiger partial charge in [-0.15, -0.1) is 0 Å². The summed E-state index contributed by atoms with van der Waals surface area (Å²) in [7, 11) is 0. The maximum Gasteiger partial charge on any atom is 0.335 e. The van der Waals surface area contributed by atoms with Crippen molar-refractivity contribution in [1.82, 2.24) is 15.1 Å². The molecule has 0 saturated carbocycles. The first-order chi connectivity index (χ1) is 15.8. The van der Waals surface area contributed by atoms with Crippen LogP contribution in [0.4, 0.5) is 0 Å². The Morgan fingerprint density at radius 2 is 1.97 bits per heavy atom. The Labute approximate surface area is 195 Å². The van der Waals surface area contributed by atoms with Gasteiger partial charge in [0.15, 0.2) is 0 Å². The summed E-state index contributed by atoms with van der Waals surface area (Å²) in [5.41, 5.74) is 3.48. The second kappa shape index (κ2) is 11.4. The molecule has 8 heteroatoms. The number of carbonyl (C=O) groups excluding carboxylic acids is 1. The fourth-order valence-electron chi connectivity index (χ4n) is 3.99. The number of nitrogens with one attached hydrogen (secondary N) is 1. The van der Waals surface area contributed by atoms with Crippen LogP contribution >= 0.6 is 0 Å².